The van der Waals surface area contributed by atoms with Gasteiger partial charge in [0, 0.05) is 6.54 Å². The van der Waals surface area contributed by atoms with Gasteiger partial charge in [-0.25, -0.2) is 4.98 Å². The number of nitrogens with two attached hydrogens (primary N) is 1. The van der Waals surface area contributed by atoms with E-state index in [0.717, 1.165) is 23.5 Å². The molecule has 90 valence electrons. The van der Waals surface area contributed by atoms with Crippen molar-refractivity contribution in [3.63, 3.8) is 0 Å². The van der Waals surface area contributed by atoms with Gasteiger partial charge in [0.2, 0.25) is 5.95 Å². The monoisotopic (exact) mass is 249 g/mol. The molecular formula is C13H16ClN3. The van der Waals surface area contributed by atoms with E-state index in [-0.39, 0.29) is 0 Å². The number of aromatic nitrogens is 2. The van der Waals surface area contributed by atoms with Crippen LogP contribution in [0.15, 0.2) is 18.2 Å². The van der Waals surface area contributed by atoms with Crippen LogP contribution in [0.3, 0.4) is 0 Å². The van der Waals surface area contributed by atoms with E-state index in [0.29, 0.717) is 11.0 Å². The average molecular weight is 250 g/mol. The third kappa shape index (κ3) is 1.89. The SMILES string of the molecule is Nc1nc2c(Cl)cccc2n1CC1CCCC1. The quantitative estimate of drug-likeness (QED) is 0.886. The molecular weight excluding hydrogens is 234 g/mol. The number of para-hydroxylation sites is 1. The predicted octanol–water partition coefficient (Wildman–Crippen LogP) is 3.46. The van der Waals surface area contributed by atoms with Crippen LogP contribution in [0.2, 0.25) is 5.02 Å². The van der Waals surface area contributed by atoms with E-state index in [2.05, 4.69) is 9.55 Å². The van der Waals surface area contributed by atoms with Crippen molar-refractivity contribution < 1.29 is 0 Å². The van der Waals surface area contributed by atoms with Crippen LogP contribution in [0.1, 0.15) is 25.7 Å². The van der Waals surface area contributed by atoms with Crippen LogP contribution in [0.5, 0.6) is 0 Å². The molecule has 0 aliphatic heterocycles. The second-order valence-electron chi connectivity index (χ2n) is 4.84. The maximum Gasteiger partial charge on any atom is 0.201 e. The number of benzene rings is 1. The first-order valence-electron chi connectivity index (χ1n) is 6.16. The summed E-state index contributed by atoms with van der Waals surface area (Å²) in [5.74, 6) is 1.33. The number of fused-ring (bicyclic) bond motifs is 1. The van der Waals surface area contributed by atoms with Crippen molar-refractivity contribution in [2.24, 2.45) is 5.92 Å². The number of hydrogen-bond acceptors (Lipinski definition) is 2. The zero-order valence-electron chi connectivity index (χ0n) is 9.69. The largest absolute Gasteiger partial charge is 0.369 e. The van der Waals surface area contributed by atoms with Gasteiger partial charge in [0.25, 0.3) is 0 Å². The van der Waals surface area contributed by atoms with Crippen molar-refractivity contribution in [2.75, 3.05) is 5.73 Å². The molecule has 0 amide bonds. The Morgan fingerprint density at radius 1 is 1.35 bits per heavy atom. The molecule has 1 fully saturated rings. The predicted molar refractivity (Wildman–Crippen MR) is 71.1 cm³/mol. The average Bonchev–Trinajstić information content (AvgIpc) is 2.91. The number of nitrogen functional groups attached to an aromatic ring is 1. The van der Waals surface area contributed by atoms with Crippen LogP contribution in [0.25, 0.3) is 11.0 Å². The Balaban J connectivity index is 2.02. The van der Waals surface area contributed by atoms with E-state index >= 15 is 0 Å². The molecule has 0 unspecified atom stereocenters. The molecule has 4 heteroatoms. The lowest BCUT2D eigenvalue weighted by Crippen LogP contribution is -2.10. The molecule has 2 N–H and O–H groups in total. The van der Waals surface area contributed by atoms with Crippen LogP contribution >= 0.6 is 11.6 Å². The highest BCUT2D eigenvalue weighted by Crippen LogP contribution is 2.30. The molecule has 3 nitrogen and oxygen atoms in total. The van der Waals surface area contributed by atoms with Gasteiger partial charge in [-0.2, -0.15) is 0 Å². The second-order valence-corrected chi connectivity index (χ2v) is 5.25. The fourth-order valence-corrected chi connectivity index (χ4v) is 2.99. The third-order valence-electron chi connectivity index (χ3n) is 3.67. The van der Waals surface area contributed by atoms with E-state index in [1.54, 1.807) is 0 Å². The minimum Gasteiger partial charge on any atom is -0.369 e. The molecule has 0 saturated heterocycles. The highest BCUT2D eigenvalue weighted by Gasteiger charge is 2.18. The molecule has 1 aromatic heterocycles. The van der Waals surface area contributed by atoms with Crippen molar-refractivity contribution in [2.45, 2.75) is 32.2 Å². The summed E-state index contributed by atoms with van der Waals surface area (Å²) in [4.78, 5) is 4.36. The summed E-state index contributed by atoms with van der Waals surface area (Å²) in [5, 5.41) is 0.680. The van der Waals surface area contributed by atoms with Gasteiger partial charge in [-0.3, -0.25) is 0 Å². The van der Waals surface area contributed by atoms with Crippen molar-refractivity contribution in [3.05, 3.63) is 23.2 Å². The van der Waals surface area contributed by atoms with Gasteiger partial charge in [0.1, 0.15) is 5.52 Å². The molecule has 0 radical (unpaired) electrons. The standard InChI is InChI=1S/C13H16ClN3/c14-10-6-3-7-11-12(10)16-13(15)17(11)8-9-4-1-2-5-9/h3,6-7,9H,1-2,4-5,8H2,(H2,15,16). The van der Waals surface area contributed by atoms with E-state index in [1.165, 1.54) is 25.7 Å². The summed E-state index contributed by atoms with van der Waals surface area (Å²) in [6.45, 7) is 0.975. The highest BCUT2D eigenvalue weighted by molar-refractivity contribution is 6.35. The molecule has 1 aromatic carbocycles. The van der Waals surface area contributed by atoms with E-state index in [1.807, 2.05) is 18.2 Å². The molecule has 1 aliphatic carbocycles. The molecule has 3 rings (SSSR count). The van der Waals surface area contributed by atoms with Crippen molar-refractivity contribution >= 4 is 28.6 Å². The summed E-state index contributed by atoms with van der Waals surface area (Å²) >= 11 is 6.13. The van der Waals surface area contributed by atoms with Gasteiger partial charge in [-0.1, -0.05) is 30.5 Å². The molecule has 17 heavy (non-hydrogen) atoms. The van der Waals surface area contributed by atoms with Crippen LogP contribution in [0.4, 0.5) is 5.95 Å². The lowest BCUT2D eigenvalue weighted by Gasteiger charge is -2.12. The van der Waals surface area contributed by atoms with Crippen LogP contribution in [-0.4, -0.2) is 9.55 Å². The summed E-state index contributed by atoms with van der Waals surface area (Å²) in [6, 6.07) is 5.85. The Morgan fingerprint density at radius 3 is 2.88 bits per heavy atom. The Morgan fingerprint density at radius 2 is 2.12 bits per heavy atom. The highest BCUT2D eigenvalue weighted by atomic mass is 35.5. The van der Waals surface area contributed by atoms with Crippen LogP contribution in [0, 0.1) is 5.92 Å². The fraction of sp³-hybridized carbons (Fsp3) is 0.462. The van der Waals surface area contributed by atoms with Crippen molar-refractivity contribution in [3.8, 4) is 0 Å². The van der Waals surface area contributed by atoms with Gasteiger partial charge in [0.15, 0.2) is 0 Å². The Kier molecular flexibility index (Phi) is 2.71. The number of anilines is 1. The number of halogens is 1. The molecule has 1 aliphatic rings. The lowest BCUT2D eigenvalue weighted by atomic mass is 10.1. The summed E-state index contributed by atoms with van der Waals surface area (Å²) < 4.78 is 2.11. The van der Waals surface area contributed by atoms with Crippen LogP contribution < -0.4 is 5.73 Å². The number of imidazole rings is 1. The van der Waals surface area contributed by atoms with Gasteiger partial charge >= 0.3 is 0 Å². The van der Waals surface area contributed by atoms with E-state index in [4.69, 9.17) is 17.3 Å². The molecule has 0 spiro atoms. The minimum absolute atomic E-state index is 0.583. The summed E-state index contributed by atoms with van der Waals surface area (Å²) in [6.07, 6.45) is 5.30. The first-order valence-corrected chi connectivity index (χ1v) is 6.54. The molecule has 2 aromatic rings. The number of nitrogens with zero attached hydrogens (tertiary/aromatic N) is 2. The minimum atomic E-state index is 0.583. The molecule has 0 atom stereocenters. The van der Waals surface area contributed by atoms with Gasteiger partial charge in [-0.15, -0.1) is 0 Å². The maximum atomic E-state index is 6.13. The number of rotatable bonds is 2. The fourth-order valence-electron chi connectivity index (χ4n) is 2.77. The third-order valence-corrected chi connectivity index (χ3v) is 3.98. The van der Waals surface area contributed by atoms with Gasteiger partial charge in [0.05, 0.1) is 10.5 Å². The van der Waals surface area contributed by atoms with Crippen molar-refractivity contribution in [1.29, 1.82) is 0 Å². The lowest BCUT2D eigenvalue weighted by molar-refractivity contribution is 0.468. The van der Waals surface area contributed by atoms with Crippen LogP contribution in [-0.2, 0) is 6.54 Å². The Bertz CT molecular complexity index is 541. The molecule has 0 bridgehead atoms. The first-order chi connectivity index (χ1) is 8.25. The Hall–Kier alpha value is -1.22. The summed E-state index contributed by atoms with van der Waals surface area (Å²) in [5.41, 5.74) is 7.87. The molecule has 1 heterocycles. The molecule has 1 saturated carbocycles. The van der Waals surface area contributed by atoms with E-state index < -0.39 is 0 Å². The second kappa shape index (κ2) is 4.22. The first kappa shape index (κ1) is 10.9. The normalized spacial score (nSPS) is 17.0. The van der Waals surface area contributed by atoms with E-state index in [9.17, 15) is 0 Å². The maximum absolute atomic E-state index is 6.13. The van der Waals surface area contributed by atoms with Gasteiger partial charge < -0.3 is 10.3 Å². The summed E-state index contributed by atoms with van der Waals surface area (Å²) in [7, 11) is 0. The zero-order valence-corrected chi connectivity index (χ0v) is 10.5. The Labute approximate surface area is 106 Å². The number of hydrogen-bond donors (Lipinski definition) is 1. The zero-order chi connectivity index (χ0) is 11.8. The topological polar surface area (TPSA) is 43.8 Å². The van der Waals surface area contributed by atoms with Gasteiger partial charge in [-0.05, 0) is 30.9 Å². The smallest absolute Gasteiger partial charge is 0.201 e. The van der Waals surface area contributed by atoms with Crippen molar-refractivity contribution in [1.82, 2.24) is 9.55 Å².